The first-order valence-electron chi connectivity index (χ1n) is 4.94. The molecule has 0 aliphatic rings. The molecule has 0 aromatic heterocycles. The van der Waals surface area contributed by atoms with Crippen molar-refractivity contribution in [1.29, 1.82) is 5.26 Å². The number of halogens is 3. The second-order valence-corrected chi connectivity index (χ2v) is 3.41. The Morgan fingerprint density at radius 1 is 1.42 bits per heavy atom. The van der Waals surface area contributed by atoms with Gasteiger partial charge in [-0.05, 0) is 11.6 Å². The molecule has 7 heteroatoms. The van der Waals surface area contributed by atoms with E-state index in [-0.39, 0.29) is 11.3 Å². The smallest absolute Gasteiger partial charge is 0.258 e. The van der Waals surface area contributed by atoms with Crippen LogP contribution in [0.1, 0.15) is 5.56 Å². The molecule has 19 heavy (non-hydrogen) atoms. The van der Waals surface area contributed by atoms with Gasteiger partial charge in [-0.2, -0.15) is 18.4 Å². The highest BCUT2D eigenvalue weighted by molar-refractivity contribution is 5.57. The lowest BCUT2D eigenvalue weighted by molar-refractivity contribution is -0.384. The first-order valence-corrected chi connectivity index (χ1v) is 4.94. The number of hydrogen-bond donors (Lipinski definition) is 0. The summed E-state index contributed by atoms with van der Waals surface area (Å²) in [4.78, 5) is 9.85. The normalized spacial score (nSPS) is 12.4. The summed E-state index contributed by atoms with van der Waals surface area (Å²) in [5.74, 6) is 0. The first-order chi connectivity index (χ1) is 8.84. The number of nitro benzene ring substituents is 1. The molecule has 0 amide bonds. The van der Waals surface area contributed by atoms with Crippen molar-refractivity contribution in [3.63, 3.8) is 0 Å². The fourth-order valence-electron chi connectivity index (χ4n) is 1.22. The van der Waals surface area contributed by atoms with Gasteiger partial charge in [0.05, 0.1) is 16.6 Å². The van der Waals surface area contributed by atoms with Gasteiger partial charge in [-0.15, -0.1) is 0 Å². The van der Waals surface area contributed by atoms with Crippen LogP contribution in [0.3, 0.4) is 0 Å². The van der Waals surface area contributed by atoms with Crippen molar-refractivity contribution in [3.8, 4) is 6.07 Å². The number of alkyl halides is 3. The number of rotatable bonds is 3. The molecule has 0 N–H and O–H groups in total. The van der Waals surface area contributed by atoms with Gasteiger partial charge in [0.2, 0.25) is 0 Å². The Balaban J connectivity index is 3.04. The van der Waals surface area contributed by atoms with Crippen LogP contribution in [0.2, 0.25) is 0 Å². The summed E-state index contributed by atoms with van der Waals surface area (Å²) >= 11 is 0. The first kappa shape index (κ1) is 14.4. The molecule has 0 spiro atoms. The largest absolute Gasteiger partial charge is 0.417 e. The van der Waals surface area contributed by atoms with E-state index in [1.165, 1.54) is 24.3 Å². The van der Waals surface area contributed by atoms with Crippen LogP contribution in [0.25, 0.3) is 6.08 Å². The molecule has 0 saturated heterocycles. The van der Waals surface area contributed by atoms with E-state index in [2.05, 4.69) is 0 Å². The number of benzene rings is 1. The Labute approximate surface area is 106 Å². The topological polar surface area (TPSA) is 66.9 Å². The van der Waals surface area contributed by atoms with Crippen molar-refractivity contribution >= 4 is 11.8 Å². The summed E-state index contributed by atoms with van der Waals surface area (Å²) in [5.41, 5.74) is -1.11. The van der Waals surface area contributed by atoms with Gasteiger partial charge in [0.15, 0.2) is 0 Å². The number of nitriles is 1. The molecule has 0 saturated carbocycles. The van der Waals surface area contributed by atoms with Gasteiger partial charge >= 0.3 is 6.18 Å². The quantitative estimate of drug-likeness (QED) is 0.364. The van der Waals surface area contributed by atoms with Crippen LogP contribution in [0.5, 0.6) is 0 Å². The predicted molar refractivity (Wildman–Crippen MR) is 61.9 cm³/mol. The number of hydrogen-bond acceptors (Lipinski definition) is 3. The number of nitrogens with zero attached hydrogens (tertiary/aromatic N) is 2. The fourth-order valence-corrected chi connectivity index (χ4v) is 1.22. The molecule has 0 unspecified atom stereocenters. The average molecular weight is 268 g/mol. The monoisotopic (exact) mass is 268 g/mol. The van der Waals surface area contributed by atoms with E-state index in [1.807, 2.05) is 0 Å². The fraction of sp³-hybridized carbons (Fsp3) is 0.0833. The Morgan fingerprint density at radius 2 is 2.11 bits per heavy atom. The second-order valence-electron chi connectivity index (χ2n) is 3.41. The van der Waals surface area contributed by atoms with Crippen molar-refractivity contribution in [2.75, 3.05) is 0 Å². The molecule has 1 aromatic rings. The van der Waals surface area contributed by atoms with Crippen molar-refractivity contribution in [2.24, 2.45) is 0 Å². The van der Waals surface area contributed by atoms with Gasteiger partial charge in [0.25, 0.3) is 5.69 Å². The number of non-ortho nitro benzene ring substituents is 1. The second kappa shape index (κ2) is 5.82. The maximum absolute atomic E-state index is 12.4. The molecular weight excluding hydrogens is 261 g/mol. The van der Waals surface area contributed by atoms with E-state index >= 15 is 0 Å². The van der Waals surface area contributed by atoms with Crippen LogP contribution in [0.15, 0.2) is 42.0 Å². The van der Waals surface area contributed by atoms with Crippen LogP contribution in [0.4, 0.5) is 18.9 Å². The standard InChI is InChI=1S/C12H7F3N2O2/c13-12(14,15)10(6-7-16)5-4-9-2-1-3-11(8-9)17(18)19/h1-6,8H/b5-4+,10-6+. The van der Waals surface area contributed by atoms with Crippen molar-refractivity contribution in [2.45, 2.75) is 6.18 Å². The van der Waals surface area contributed by atoms with Crippen LogP contribution in [-0.2, 0) is 0 Å². The van der Waals surface area contributed by atoms with Crippen molar-refractivity contribution in [3.05, 3.63) is 57.7 Å². The van der Waals surface area contributed by atoms with Gasteiger partial charge in [0.1, 0.15) is 0 Å². The van der Waals surface area contributed by atoms with E-state index in [4.69, 9.17) is 5.26 Å². The van der Waals surface area contributed by atoms with Gasteiger partial charge < -0.3 is 0 Å². The molecule has 0 fully saturated rings. The molecule has 4 nitrogen and oxygen atoms in total. The average Bonchev–Trinajstić information content (AvgIpc) is 2.33. The van der Waals surface area contributed by atoms with Crippen LogP contribution < -0.4 is 0 Å². The molecule has 0 aliphatic carbocycles. The summed E-state index contributed by atoms with van der Waals surface area (Å²) in [6, 6.07) is 6.44. The zero-order chi connectivity index (χ0) is 14.5. The lowest BCUT2D eigenvalue weighted by Crippen LogP contribution is -2.09. The minimum atomic E-state index is -4.65. The Kier molecular flexibility index (Phi) is 4.42. The highest BCUT2D eigenvalue weighted by Crippen LogP contribution is 2.27. The lowest BCUT2D eigenvalue weighted by Gasteiger charge is -2.05. The van der Waals surface area contributed by atoms with E-state index in [1.54, 1.807) is 0 Å². The summed E-state index contributed by atoms with van der Waals surface area (Å²) in [7, 11) is 0. The molecule has 0 atom stereocenters. The molecule has 0 radical (unpaired) electrons. The highest BCUT2D eigenvalue weighted by Gasteiger charge is 2.31. The van der Waals surface area contributed by atoms with Crippen LogP contribution >= 0.6 is 0 Å². The Morgan fingerprint density at radius 3 is 2.63 bits per heavy atom. The minimum absolute atomic E-state index is 0.222. The molecule has 1 rings (SSSR count). The SMILES string of the molecule is N#C/C=C(\C=C\c1cccc([N+](=O)[O-])c1)C(F)(F)F. The third-order valence-corrected chi connectivity index (χ3v) is 2.08. The maximum atomic E-state index is 12.4. The third kappa shape index (κ3) is 4.27. The third-order valence-electron chi connectivity index (χ3n) is 2.08. The molecule has 0 heterocycles. The van der Waals surface area contributed by atoms with E-state index in [0.29, 0.717) is 12.2 Å². The van der Waals surface area contributed by atoms with Crippen molar-refractivity contribution < 1.29 is 18.1 Å². The predicted octanol–water partition coefficient (Wildman–Crippen LogP) is 3.62. The van der Waals surface area contributed by atoms with Crippen molar-refractivity contribution in [1.82, 2.24) is 0 Å². The summed E-state index contributed by atoms with van der Waals surface area (Å²) < 4.78 is 37.3. The Bertz CT molecular complexity index is 583. The van der Waals surface area contributed by atoms with E-state index in [0.717, 1.165) is 12.1 Å². The maximum Gasteiger partial charge on any atom is 0.417 e. The van der Waals surface area contributed by atoms with E-state index < -0.39 is 16.7 Å². The minimum Gasteiger partial charge on any atom is -0.258 e. The molecular formula is C12H7F3N2O2. The summed E-state index contributed by atoms with van der Waals surface area (Å²) in [5, 5.41) is 18.8. The van der Waals surface area contributed by atoms with Crippen LogP contribution in [0, 0.1) is 21.4 Å². The van der Waals surface area contributed by atoms with Crippen LogP contribution in [-0.4, -0.2) is 11.1 Å². The molecule has 1 aromatic carbocycles. The van der Waals surface area contributed by atoms with Gasteiger partial charge in [-0.1, -0.05) is 18.2 Å². The van der Waals surface area contributed by atoms with Gasteiger partial charge in [-0.3, -0.25) is 10.1 Å². The molecule has 98 valence electrons. The molecule has 0 aliphatic heterocycles. The van der Waals surface area contributed by atoms with Gasteiger partial charge in [-0.25, -0.2) is 0 Å². The Hall–Kier alpha value is -2.62. The van der Waals surface area contributed by atoms with E-state index in [9.17, 15) is 23.3 Å². The van der Waals surface area contributed by atoms with Gasteiger partial charge in [0, 0.05) is 18.2 Å². The lowest BCUT2D eigenvalue weighted by atomic mass is 10.1. The summed E-state index contributed by atoms with van der Waals surface area (Å²) in [6.07, 6.45) is -2.52. The number of allylic oxidation sites excluding steroid dienone is 3. The number of nitro groups is 1. The molecule has 0 bridgehead atoms. The zero-order valence-electron chi connectivity index (χ0n) is 9.39. The highest BCUT2D eigenvalue weighted by atomic mass is 19.4. The zero-order valence-corrected chi connectivity index (χ0v) is 9.39. The summed E-state index contributed by atoms with van der Waals surface area (Å²) in [6.45, 7) is 0.